The monoisotopic (exact) mass is 400 g/mol. The van der Waals surface area contributed by atoms with Crippen LogP contribution in [0.3, 0.4) is 0 Å². The van der Waals surface area contributed by atoms with Crippen molar-refractivity contribution in [3.05, 3.63) is 64.1 Å². The van der Waals surface area contributed by atoms with Crippen molar-refractivity contribution in [2.75, 3.05) is 6.61 Å². The fourth-order valence-corrected chi connectivity index (χ4v) is 2.05. The SMILES string of the molecule is O=C(COc1cccc(Br)c1)N/N=C\c1ccc(C(F)(F)F)cc1. The Bertz CT molecular complexity index is 731. The van der Waals surface area contributed by atoms with Gasteiger partial charge in [0.25, 0.3) is 5.91 Å². The van der Waals surface area contributed by atoms with E-state index in [-0.39, 0.29) is 6.61 Å². The molecule has 0 saturated heterocycles. The molecule has 0 bridgehead atoms. The van der Waals surface area contributed by atoms with Crippen LogP contribution < -0.4 is 10.2 Å². The lowest BCUT2D eigenvalue weighted by Gasteiger charge is -2.06. The zero-order chi connectivity index (χ0) is 17.6. The first-order chi connectivity index (χ1) is 11.3. The first-order valence-electron chi connectivity index (χ1n) is 6.72. The van der Waals surface area contributed by atoms with Gasteiger partial charge in [0.2, 0.25) is 0 Å². The van der Waals surface area contributed by atoms with E-state index in [4.69, 9.17) is 4.74 Å². The maximum absolute atomic E-state index is 12.4. The molecule has 24 heavy (non-hydrogen) atoms. The van der Waals surface area contributed by atoms with Gasteiger partial charge in [0.1, 0.15) is 5.75 Å². The topological polar surface area (TPSA) is 50.7 Å². The average Bonchev–Trinajstić information content (AvgIpc) is 2.53. The summed E-state index contributed by atoms with van der Waals surface area (Å²) in [6.07, 6.45) is -3.13. The number of alkyl halides is 3. The molecule has 2 rings (SSSR count). The van der Waals surface area contributed by atoms with Crippen molar-refractivity contribution in [1.82, 2.24) is 5.43 Å². The summed E-state index contributed by atoms with van der Waals surface area (Å²) in [7, 11) is 0. The predicted molar refractivity (Wildman–Crippen MR) is 86.8 cm³/mol. The molecule has 0 aliphatic heterocycles. The minimum Gasteiger partial charge on any atom is -0.484 e. The average molecular weight is 401 g/mol. The van der Waals surface area contributed by atoms with Gasteiger partial charge in [0.05, 0.1) is 11.8 Å². The highest BCUT2D eigenvalue weighted by Crippen LogP contribution is 2.28. The van der Waals surface area contributed by atoms with Crippen molar-refractivity contribution in [3.63, 3.8) is 0 Å². The van der Waals surface area contributed by atoms with Crippen molar-refractivity contribution in [3.8, 4) is 5.75 Å². The lowest BCUT2D eigenvalue weighted by atomic mass is 10.1. The summed E-state index contributed by atoms with van der Waals surface area (Å²) in [5.41, 5.74) is 1.92. The fraction of sp³-hybridized carbons (Fsp3) is 0.125. The van der Waals surface area contributed by atoms with E-state index in [0.717, 1.165) is 16.6 Å². The summed E-state index contributed by atoms with van der Waals surface area (Å²) in [4.78, 5) is 11.6. The van der Waals surface area contributed by atoms with Crippen LogP contribution in [0, 0.1) is 0 Å². The minimum atomic E-state index is -4.38. The van der Waals surface area contributed by atoms with E-state index < -0.39 is 17.6 Å². The number of nitrogens with one attached hydrogen (secondary N) is 1. The highest BCUT2D eigenvalue weighted by atomic mass is 79.9. The van der Waals surface area contributed by atoms with Crippen molar-refractivity contribution in [2.24, 2.45) is 5.10 Å². The molecule has 0 heterocycles. The second kappa shape index (κ2) is 7.96. The lowest BCUT2D eigenvalue weighted by molar-refractivity contribution is -0.137. The molecule has 0 fully saturated rings. The smallest absolute Gasteiger partial charge is 0.416 e. The zero-order valence-electron chi connectivity index (χ0n) is 12.2. The molecule has 2 aromatic carbocycles. The number of halogens is 4. The molecule has 0 saturated carbocycles. The molecule has 0 aliphatic carbocycles. The fourth-order valence-electron chi connectivity index (χ4n) is 1.67. The Morgan fingerprint density at radius 1 is 1.21 bits per heavy atom. The summed E-state index contributed by atoms with van der Waals surface area (Å²) in [5, 5.41) is 3.67. The standard InChI is InChI=1S/C16H12BrF3N2O2/c17-13-2-1-3-14(8-13)24-10-15(23)22-21-9-11-4-6-12(7-5-11)16(18,19)20/h1-9H,10H2,(H,22,23)/b21-9-. The Hall–Kier alpha value is -2.35. The summed E-state index contributed by atoms with van der Waals surface area (Å²) in [6.45, 7) is -0.235. The third-order valence-corrected chi connectivity index (χ3v) is 3.30. The van der Waals surface area contributed by atoms with E-state index in [2.05, 4.69) is 26.5 Å². The number of hydrogen-bond acceptors (Lipinski definition) is 3. The largest absolute Gasteiger partial charge is 0.484 e. The molecule has 8 heteroatoms. The maximum atomic E-state index is 12.4. The molecule has 0 radical (unpaired) electrons. The second-order valence-electron chi connectivity index (χ2n) is 4.66. The Balaban J connectivity index is 1.81. The summed E-state index contributed by atoms with van der Waals surface area (Å²) >= 11 is 3.28. The van der Waals surface area contributed by atoms with E-state index in [1.165, 1.54) is 18.3 Å². The van der Waals surface area contributed by atoms with Gasteiger partial charge >= 0.3 is 6.18 Å². The van der Waals surface area contributed by atoms with Crippen LogP contribution >= 0.6 is 15.9 Å². The van der Waals surface area contributed by atoms with Crippen LogP contribution in [0.4, 0.5) is 13.2 Å². The molecule has 0 aromatic heterocycles. The molecule has 0 atom stereocenters. The van der Waals surface area contributed by atoms with Gasteiger partial charge in [-0.1, -0.05) is 34.1 Å². The molecule has 0 spiro atoms. The van der Waals surface area contributed by atoms with Crippen molar-refractivity contribution < 1.29 is 22.7 Å². The Morgan fingerprint density at radius 2 is 1.92 bits per heavy atom. The quantitative estimate of drug-likeness (QED) is 0.609. The molecule has 126 valence electrons. The zero-order valence-corrected chi connectivity index (χ0v) is 13.8. The van der Waals surface area contributed by atoms with E-state index in [1.807, 2.05) is 6.07 Å². The van der Waals surface area contributed by atoms with Crippen molar-refractivity contribution in [2.45, 2.75) is 6.18 Å². The van der Waals surface area contributed by atoms with Crippen LogP contribution in [0.5, 0.6) is 5.75 Å². The number of rotatable bonds is 5. The van der Waals surface area contributed by atoms with Gasteiger partial charge in [-0.15, -0.1) is 0 Å². The number of carbonyl (C=O) groups is 1. The highest BCUT2D eigenvalue weighted by Gasteiger charge is 2.29. The number of ether oxygens (including phenoxy) is 1. The van der Waals surface area contributed by atoms with Gasteiger partial charge < -0.3 is 4.74 Å². The van der Waals surface area contributed by atoms with Gasteiger partial charge in [-0.2, -0.15) is 18.3 Å². The number of nitrogens with zero attached hydrogens (tertiary/aromatic N) is 1. The van der Waals surface area contributed by atoms with Crippen molar-refractivity contribution in [1.29, 1.82) is 0 Å². The lowest BCUT2D eigenvalue weighted by Crippen LogP contribution is -2.24. The van der Waals surface area contributed by atoms with E-state index in [0.29, 0.717) is 11.3 Å². The second-order valence-corrected chi connectivity index (χ2v) is 5.57. The third-order valence-electron chi connectivity index (χ3n) is 2.81. The number of carbonyl (C=O) groups excluding carboxylic acids is 1. The van der Waals surface area contributed by atoms with Crippen LogP contribution in [0.2, 0.25) is 0 Å². The molecule has 2 aromatic rings. The molecule has 0 unspecified atom stereocenters. The van der Waals surface area contributed by atoms with Crippen LogP contribution in [0.25, 0.3) is 0 Å². The first-order valence-corrected chi connectivity index (χ1v) is 7.51. The molecular weight excluding hydrogens is 389 g/mol. The normalized spacial score (nSPS) is 11.5. The van der Waals surface area contributed by atoms with E-state index >= 15 is 0 Å². The van der Waals surface area contributed by atoms with Gasteiger partial charge in [0.15, 0.2) is 6.61 Å². The summed E-state index contributed by atoms with van der Waals surface area (Å²) < 4.78 is 43.3. The Kier molecular flexibility index (Phi) is 5.97. The van der Waals surface area contributed by atoms with E-state index in [9.17, 15) is 18.0 Å². The first kappa shape index (κ1) is 18.0. The Labute approximate surface area is 144 Å². The summed E-state index contributed by atoms with van der Waals surface area (Å²) in [6, 6.07) is 11.4. The minimum absolute atomic E-state index is 0.235. The van der Waals surface area contributed by atoms with Gasteiger partial charge in [-0.3, -0.25) is 4.79 Å². The van der Waals surface area contributed by atoms with Crippen LogP contribution in [-0.4, -0.2) is 18.7 Å². The highest BCUT2D eigenvalue weighted by molar-refractivity contribution is 9.10. The van der Waals surface area contributed by atoms with Gasteiger partial charge in [-0.05, 0) is 35.9 Å². The van der Waals surface area contributed by atoms with Crippen LogP contribution in [0.15, 0.2) is 58.1 Å². The van der Waals surface area contributed by atoms with Crippen LogP contribution in [0.1, 0.15) is 11.1 Å². The number of benzene rings is 2. The Morgan fingerprint density at radius 3 is 2.54 bits per heavy atom. The summed E-state index contributed by atoms with van der Waals surface area (Å²) in [5.74, 6) is 0.0318. The van der Waals surface area contributed by atoms with Gasteiger partial charge in [0, 0.05) is 4.47 Å². The molecule has 4 nitrogen and oxygen atoms in total. The molecule has 0 aliphatic rings. The number of amides is 1. The maximum Gasteiger partial charge on any atom is 0.416 e. The predicted octanol–water partition coefficient (Wildman–Crippen LogP) is 4.00. The number of hydrazone groups is 1. The third kappa shape index (κ3) is 5.69. The number of hydrogen-bond donors (Lipinski definition) is 1. The molecule has 1 amide bonds. The molecule has 1 N–H and O–H groups in total. The van der Waals surface area contributed by atoms with Crippen molar-refractivity contribution >= 4 is 28.1 Å². The molecular formula is C16H12BrF3N2O2. The van der Waals surface area contributed by atoms with E-state index in [1.54, 1.807) is 18.2 Å². The van der Waals surface area contributed by atoms with Crippen LogP contribution in [-0.2, 0) is 11.0 Å². The van der Waals surface area contributed by atoms with Gasteiger partial charge in [-0.25, -0.2) is 5.43 Å².